The first kappa shape index (κ1) is 55.2. The molecule has 11 nitrogen and oxygen atoms in total. The summed E-state index contributed by atoms with van der Waals surface area (Å²) in [7, 11) is -4.77. The molecule has 334 valence electrons. The van der Waals surface area contributed by atoms with Crippen LogP contribution in [0.2, 0.25) is 0 Å². The fraction of sp³-hybridized carbons (Fsp3) is 0.717. The maximum Gasteiger partial charge on any atom is 0.472 e. The standard InChI is InChI=1S/C46H80NO10P/c1-3-5-7-9-11-13-15-17-19-21-23-25-27-29-31-33-35-37-44(49)47-43(46(51)52)41-57-58(53,54)56-40-42(48)39-55-45(50)38-36-34-32-30-28-26-24-22-20-18-16-14-12-10-8-6-4-2/h12,14,17-20,24,26,30,32,42-43,48H,3-11,13,15-16,21-23,25,27-29,31,33-41H2,1-2H3,(H,47,49)(H,51,52)(H,53,54)/b14-12-,19-17-,20-18-,26-24-,32-30-. The van der Waals surface area contributed by atoms with Crippen molar-refractivity contribution >= 4 is 25.7 Å². The van der Waals surface area contributed by atoms with Crippen molar-refractivity contribution in [2.45, 2.75) is 193 Å². The highest BCUT2D eigenvalue weighted by Crippen LogP contribution is 2.43. The molecule has 0 fully saturated rings. The Labute approximate surface area is 351 Å². The molecule has 3 unspecified atom stereocenters. The number of carboxylic acid groups (broad SMARTS) is 1. The van der Waals surface area contributed by atoms with E-state index < -0.39 is 57.6 Å². The zero-order valence-corrected chi connectivity index (χ0v) is 37.0. The molecule has 0 aliphatic rings. The Balaban J connectivity index is 3.98. The van der Waals surface area contributed by atoms with Crippen molar-refractivity contribution in [3.05, 3.63) is 60.8 Å². The first-order valence-corrected chi connectivity index (χ1v) is 23.8. The number of hydrogen-bond donors (Lipinski definition) is 4. The molecule has 0 saturated carbocycles. The number of carboxylic acids is 1. The van der Waals surface area contributed by atoms with E-state index in [1.165, 1.54) is 77.0 Å². The number of phosphoric ester groups is 1. The highest BCUT2D eigenvalue weighted by Gasteiger charge is 2.28. The number of esters is 1. The molecule has 4 N–H and O–H groups in total. The minimum absolute atomic E-state index is 0.135. The lowest BCUT2D eigenvalue weighted by atomic mass is 10.1. The van der Waals surface area contributed by atoms with Gasteiger partial charge in [-0.1, -0.05) is 152 Å². The summed E-state index contributed by atoms with van der Waals surface area (Å²) < 4.78 is 26.8. The number of aliphatic carboxylic acids is 1. The average molecular weight is 838 g/mol. The number of phosphoric acid groups is 1. The lowest BCUT2D eigenvalue weighted by Gasteiger charge is -2.18. The summed E-state index contributed by atoms with van der Waals surface area (Å²) in [5.74, 6) is -2.44. The topological polar surface area (TPSA) is 169 Å². The Morgan fingerprint density at radius 2 is 0.966 bits per heavy atom. The zero-order chi connectivity index (χ0) is 42.8. The fourth-order valence-electron chi connectivity index (χ4n) is 5.77. The number of allylic oxidation sites excluding steroid dienone is 10. The Morgan fingerprint density at radius 1 is 0.552 bits per heavy atom. The van der Waals surface area contributed by atoms with Crippen LogP contribution in [-0.2, 0) is 32.7 Å². The Morgan fingerprint density at radius 3 is 1.50 bits per heavy atom. The second-order valence-electron chi connectivity index (χ2n) is 14.9. The van der Waals surface area contributed by atoms with Gasteiger partial charge in [0, 0.05) is 12.8 Å². The summed E-state index contributed by atoms with van der Waals surface area (Å²) >= 11 is 0. The molecule has 0 rings (SSSR count). The molecule has 0 aliphatic carbocycles. The van der Waals surface area contributed by atoms with Crippen LogP contribution >= 0.6 is 7.82 Å². The van der Waals surface area contributed by atoms with Crippen LogP contribution < -0.4 is 5.32 Å². The van der Waals surface area contributed by atoms with Crippen LogP contribution in [-0.4, -0.2) is 64.9 Å². The van der Waals surface area contributed by atoms with Gasteiger partial charge in [0.15, 0.2) is 6.04 Å². The predicted octanol–water partition coefficient (Wildman–Crippen LogP) is 11.6. The fourth-order valence-corrected chi connectivity index (χ4v) is 6.54. The smallest absolute Gasteiger partial charge is 0.472 e. The van der Waals surface area contributed by atoms with Gasteiger partial charge in [-0.15, -0.1) is 0 Å². The van der Waals surface area contributed by atoms with Crippen LogP contribution in [0, 0.1) is 0 Å². The molecule has 0 aromatic rings. The predicted molar refractivity (Wildman–Crippen MR) is 235 cm³/mol. The largest absolute Gasteiger partial charge is 0.480 e. The number of amides is 1. The SMILES string of the molecule is CCCCC/C=C\C/C=C\C/C=C\C/C=C\CCCC(=O)OCC(O)COP(=O)(O)OCC(NC(=O)CCCCCCCCC/C=C\CCCCCCCC)C(=O)O. The number of unbranched alkanes of at least 4 members (excludes halogenated alkanes) is 17. The lowest BCUT2D eigenvalue weighted by molar-refractivity contribution is -0.147. The van der Waals surface area contributed by atoms with Gasteiger partial charge >= 0.3 is 19.8 Å². The Bertz CT molecular complexity index is 1210. The minimum Gasteiger partial charge on any atom is -0.480 e. The normalized spacial score (nSPS) is 14.3. The zero-order valence-electron chi connectivity index (χ0n) is 36.1. The van der Waals surface area contributed by atoms with E-state index >= 15 is 0 Å². The second-order valence-corrected chi connectivity index (χ2v) is 16.3. The van der Waals surface area contributed by atoms with Gasteiger partial charge in [0.2, 0.25) is 5.91 Å². The van der Waals surface area contributed by atoms with E-state index in [0.29, 0.717) is 19.3 Å². The van der Waals surface area contributed by atoms with Crippen LogP contribution in [0.1, 0.15) is 181 Å². The Kier molecular flexibility index (Phi) is 38.9. The monoisotopic (exact) mass is 838 g/mol. The van der Waals surface area contributed by atoms with Gasteiger partial charge < -0.3 is 25.2 Å². The summed E-state index contributed by atoms with van der Waals surface area (Å²) in [6, 6.07) is -1.56. The van der Waals surface area contributed by atoms with Crippen LogP contribution in [0.25, 0.3) is 0 Å². The summed E-state index contributed by atoms with van der Waals surface area (Å²) in [5, 5.41) is 21.8. The van der Waals surface area contributed by atoms with Crippen LogP contribution in [0.5, 0.6) is 0 Å². The van der Waals surface area contributed by atoms with E-state index in [1.807, 2.05) is 12.2 Å². The Hall–Kier alpha value is -2.82. The number of aliphatic hydroxyl groups is 1. The highest BCUT2D eigenvalue weighted by atomic mass is 31.2. The van der Waals surface area contributed by atoms with Gasteiger partial charge in [-0.2, -0.15) is 0 Å². The van der Waals surface area contributed by atoms with Crippen molar-refractivity contribution in [1.82, 2.24) is 5.32 Å². The van der Waals surface area contributed by atoms with E-state index in [9.17, 15) is 34.1 Å². The molecule has 0 aromatic heterocycles. The number of aliphatic hydroxyl groups excluding tert-OH is 1. The van der Waals surface area contributed by atoms with Gasteiger partial charge in [-0.05, 0) is 77.0 Å². The molecular formula is C46H80NO10P. The van der Waals surface area contributed by atoms with Gasteiger partial charge in [-0.3, -0.25) is 18.6 Å². The van der Waals surface area contributed by atoms with Crippen LogP contribution in [0.4, 0.5) is 0 Å². The first-order chi connectivity index (χ1) is 28.1. The summed E-state index contributed by atoms with van der Waals surface area (Å²) in [5.41, 5.74) is 0. The number of rotatable bonds is 41. The number of nitrogens with one attached hydrogen (secondary N) is 1. The molecule has 0 bridgehead atoms. The van der Waals surface area contributed by atoms with Gasteiger partial charge in [-0.25, -0.2) is 9.36 Å². The molecular weight excluding hydrogens is 757 g/mol. The van der Waals surface area contributed by atoms with Crippen molar-refractivity contribution in [2.24, 2.45) is 0 Å². The number of carbonyl (C=O) groups is 3. The average Bonchev–Trinajstić information content (AvgIpc) is 3.20. The molecule has 0 saturated heterocycles. The molecule has 58 heavy (non-hydrogen) atoms. The number of ether oxygens (including phenoxy) is 1. The van der Waals surface area contributed by atoms with E-state index in [-0.39, 0.29) is 12.8 Å². The molecule has 0 aliphatic heterocycles. The second kappa shape index (κ2) is 40.9. The molecule has 0 radical (unpaired) electrons. The van der Waals surface area contributed by atoms with Crippen molar-refractivity contribution in [3.63, 3.8) is 0 Å². The summed E-state index contributed by atoms with van der Waals surface area (Å²) in [6.07, 6.45) is 46.7. The van der Waals surface area contributed by atoms with Crippen LogP contribution in [0.3, 0.4) is 0 Å². The molecule has 0 heterocycles. The van der Waals surface area contributed by atoms with E-state index in [4.69, 9.17) is 13.8 Å². The highest BCUT2D eigenvalue weighted by molar-refractivity contribution is 7.47. The molecule has 0 spiro atoms. The van der Waals surface area contributed by atoms with Crippen molar-refractivity contribution < 1.29 is 47.8 Å². The van der Waals surface area contributed by atoms with E-state index in [0.717, 1.165) is 57.8 Å². The van der Waals surface area contributed by atoms with Gasteiger partial charge in [0.05, 0.1) is 13.2 Å². The van der Waals surface area contributed by atoms with Crippen molar-refractivity contribution in [2.75, 3.05) is 19.8 Å². The van der Waals surface area contributed by atoms with Gasteiger partial charge in [0.25, 0.3) is 0 Å². The third kappa shape index (κ3) is 40.0. The number of hydrogen-bond acceptors (Lipinski definition) is 8. The van der Waals surface area contributed by atoms with E-state index in [1.54, 1.807) is 0 Å². The summed E-state index contributed by atoms with van der Waals surface area (Å²) in [6.45, 7) is 2.50. The third-order valence-electron chi connectivity index (χ3n) is 9.28. The molecule has 3 atom stereocenters. The third-order valence-corrected chi connectivity index (χ3v) is 10.2. The van der Waals surface area contributed by atoms with E-state index in [2.05, 4.69) is 67.8 Å². The van der Waals surface area contributed by atoms with Crippen molar-refractivity contribution in [1.29, 1.82) is 0 Å². The minimum atomic E-state index is -4.77. The molecule has 12 heteroatoms. The van der Waals surface area contributed by atoms with Gasteiger partial charge in [0.1, 0.15) is 12.7 Å². The maximum absolute atomic E-state index is 12.3. The molecule has 0 aromatic carbocycles. The molecule has 1 amide bonds. The van der Waals surface area contributed by atoms with Crippen molar-refractivity contribution in [3.8, 4) is 0 Å². The lowest BCUT2D eigenvalue weighted by Crippen LogP contribution is -2.43. The quantitative estimate of drug-likeness (QED) is 0.0201. The maximum atomic E-state index is 12.3. The van der Waals surface area contributed by atoms with Crippen LogP contribution in [0.15, 0.2) is 60.8 Å². The first-order valence-electron chi connectivity index (χ1n) is 22.3. The summed E-state index contributed by atoms with van der Waals surface area (Å²) in [4.78, 5) is 45.9. The number of carbonyl (C=O) groups excluding carboxylic acids is 2.